The molecule has 0 radical (unpaired) electrons. The van der Waals surface area contributed by atoms with Gasteiger partial charge in [0.2, 0.25) is 0 Å². The summed E-state index contributed by atoms with van der Waals surface area (Å²) in [5.74, 6) is -0.824. The van der Waals surface area contributed by atoms with Crippen molar-refractivity contribution in [3.05, 3.63) is 57.8 Å². The average molecular weight is 371 g/mol. The summed E-state index contributed by atoms with van der Waals surface area (Å²) < 4.78 is 5.24. The lowest BCUT2D eigenvalue weighted by Crippen LogP contribution is -2.42. The Bertz CT molecular complexity index is 799. The number of fused-ring (bicyclic) bond motifs is 1. The highest BCUT2D eigenvalue weighted by Crippen LogP contribution is 2.24. The van der Waals surface area contributed by atoms with Gasteiger partial charge >= 0.3 is 5.97 Å². The standard InChI is InChI=1S/C20H21NO4S/c1-14(20(24)21-11-9-18-16(13-21)10-12-26-18)25-19(23)8-7-17(22)15-5-3-2-4-6-15/h2-6,10,12,14H,7-9,11,13H2,1H3. The zero-order valence-corrected chi connectivity index (χ0v) is 15.5. The van der Waals surface area contributed by atoms with Crippen LogP contribution in [0.4, 0.5) is 0 Å². The molecular weight excluding hydrogens is 350 g/mol. The summed E-state index contributed by atoms with van der Waals surface area (Å²) >= 11 is 1.71. The van der Waals surface area contributed by atoms with Gasteiger partial charge in [-0.05, 0) is 30.4 Å². The van der Waals surface area contributed by atoms with Crippen LogP contribution in [0.25, 0.3) is 0 Å². The van der Waals surface area contributed by atoms with E-state index in [-0.39, 0.29) is 24.5 Å². The summed E-state index contributed by atoms with van der Waals surface area (Å²) in [4.78, 5) is 39.6. The van der Waals surface area contributed by atoms with E-state index in [1.54, 1.807) is 47.4 Å². The Hall–Kier alpha value is -2.47. The van der Waals surface area contributed by atoms with Gasteiger partial charge in [0, 0.05) is 30.0 Å². The van der Waals surface area contributed by atoms with Crippen LogP contribution >= 0.6 is 11.3 Å². The van der Waals surface area contributed by atoms with Crippen LogP contribution in [0, 0.1) is 0 Å². The predicted octanol–water partition coefficient (Wildman–Crippen LogP) is 3.23. The minimum atomic E-state index is -0.838. The minimum absolute atomic E-state index is 0.0278. The number of nitrogens with zero attached hydrogens (tertiary/aromatic N) is 1. The Labute approximate surface area is 156 Å². The van der Waals surface area contributed by atoms with E-state index in [0.29, 0.717) is 18.7 Å². The molecular formula is C20H21NO4S. The van der Waals surface area contributed by atoms with Crippen LogP contribution in [0.1, 0.15) is 40.6 Å². The van der Waals surface area contributed by atoms with Crippen molar-refractivity contribution in [2.24, 2.45) is 0 Å². The first kappa shape index (κ1) is 18.3. The third-order valence-corrected chi connectivity index (χ3v) is 5.45. The number of amides is 1. The molecule has 1 unspecified atom stereocenters. The summed E-state index contributed by atoms with van der Waals surface area (Å²) in [6.07, 6.45) is 0.0472. The maximum absolute atomic E-state index is 12.5. The van der Waals surface area contributed by atoms with E-state index < -0.39 is 12.1 Å². The van der Waals surface area contributed by atoms with E-state index in [9.17, 15) is 14.4 Å². The summed E-state index contributed by atoms with van der Waals surface area (Å²) in [6.45, 7) is 2.79. The molecule has 5 nitrogen and oxygen atoms in total. The quantitative estimate of drug-likeness (QED) is 0.578. The van der Waals surface area contributed by atoms with Crippen molar-refractivity contribution < 1.29 is 19.1 Å². The maximum Gasteiger partial charge on any atom is 0.307 e. The van der Waals surface area contributed by atoms with Crippen LogP contribution in [0.5, 0.6) is 0 Å². The predicted molar refractivity (Wildman–Crippen MR) is 99.0 cm³/mol. The maximum atomic E-state index is 12.5. The molecule has 1 aromatic carbocycles. The monoisotopic (exact) mass is 371 g/mol. The fraction of sp³-hybridized carbons (Fsp3) is 0.350. The fourth-order valence-corrected chi connectivity index (χ4v) is 3.87. The molecule has 1 atom stereocenters. The molecule has 0 fully saturated rings. The van der Waals surface area contributed by atoms with Gasteiger partial charge in [0.15, 0.2) is 11.9 Å². The Balaban J connectivity index is 1.46. The third kappa shape index (κ3) is 4.38. The topological polar surface area (TPSA) is 63.7 Å². The van der Waals surface area contributed by atoms with Crippen molar-refractivity contribution in [2.45, 2.75) is 38.8 Å². The van der Waals surface area contributed by atoms with Crippen LogP contribution in [0.15, 0.2) is 41.8 Å². The van der Waals surface area contributed by atoms with Crippen LogP contribution in [0.2, 0.25) is 0 Å². The summed E-state index contributed by atoms with van der Waals surface area (Å²) in [5.41, 5.74) is 1.74. The molecule has 1 amide bonds. The lowest BCUT2D eigenvalue weighted by atomic mass is 10.1. The number of esters is 1. The Morgan fingerprint density at radius 1 is 1.15 bits per heavy atom. The van der Waals surface area contributed by atoms with Gasteiger partial charge < -0.3 is 9.64 Å². The molecule has 1 aromatic heterocycles. The lowest BCUT2D eigenvalue weighted by Gasteiger charge is -2.29. The van der Waals surface area contributed by atoms with E-state index >= 15 is 0 Å². The number of carbonyl (C=O) groups is 3. The lowest BCUT2D eigenvalue weighted by molar-refractivity contribution is -0.159. The smallest absolute Gasteiger partial charge is 0.307 e. The molecule has 0 bridgehead atoms. The summed E-state index contributed by atoms with van der Waals surface area (Å²) in [7, 11) is 0. The molecule has 1 aliphatic rings. The fourth-order valence-electron chi connectivity index (χ4n) is 2.98. The van der Waals surface area contributed by atoms with Crippen molar-refractivity contribution in [2.75, 3.05) is 6.54 Å². The average Bonchev–Trinajstić information content (AvgIpc) is 3.13. The molecule has 136 valence electrons. The first-order chi connectivity index (χ1) is 12.5. The zero-order chi connectivity index (χ0) is 18.5. The van der Waals surface area contributed by atoms with Crippen LogP contribution in [-0.4, -0.2) is 35.2 Å². The van der Waals surface area contributed by atoms with Crippen molar-refractivity contribution >= 4 is 29.0 Å². The molecule has 0 N–H and O–H groups in total. The van der Waals surface area contributed by atoms with Gasteiger partial charge in [0.05, 0.1) is 6.42 Å². The van der Waals surface area contributed by atoms with E-state index in [1.165, 1.54) is 10.4 Å². The largest absolute Gasteiger partial charge is 0.453 e. The molecule has 0 saturated heterocycles. The van der Waals surface area contributed by atoms with Crippen molar-refractivity contribution in [1.29, 1.82) is 0 Å². The molecule has 0 saturated carbocycles. The number of carbonyl (C=O) groups excluding carboxylic acids is 3. The highest BCUT2D eigenvalue weighted by Gasteiger charge is 2.27. The van der Waals surface area contributed by atoms with E-state index in [0.717, 1.165) is 6.42 Å². The second kappa shape index (κ2) is 8.27. The highest BCUT2D eigenvalue weighted by molar-refractivity contribution is 7.10. The Kier molecular flexibility index (Phi) is 5.83. The molecule has 0 aliphatic carbocycles. The van der Waals surface area contributed by atoms with E-state index in [1.807, 2.05) is 17.5 Å². The van der Waals surface area contributed by atoms with Crippen molar-refractivity contribution in [3.63, 3.8) is 0 Å². The zero-order valence-electron chi connectivity index (χ0n) is 14.6. The van der Waals surface area contributed by atoms with Crippen LogP contribution < -0.4 is 0 Å². The SMILES string of the molecule is CC(OC(=O)CCC(=O)c1ccccc1)C(=O)N1CCc2sccc2C1. The van der Waals surface area contributed by atoms with Gasteiger partial charge in [-0.2, -0.15) is 0 Å². The number of ether oxygens (including phenoxy) is 1. The number of hydrogen-bond acceptors (Lipinski definition) is 5. The molecule has 2 heterocycles. The third-order valence-electron chi connectivity index (χ3n) is 4.43. The van der Waals surface area contributed by atoms with Gasteiger partial charge in [-0.25, -0.2) is 0 Å². The second-order valence-corrected chi connectivity index (χ2v) is 7.30. The molecule has 6 heteroatoms. The van der Waals surface area contributed by atoms with Crippen LogP contribution in [-0.2, 0) is 27.3 Å². The van der Waals surface area contributed by atoms with Gasteiger partial charge in [-0.3, -0.25) is 14.4 Å². The van der Waals surface area contributed by atoms with E-state index in [2.05, 4.69) is 0 Å². The van der Waals surface area contributed by atoms with Crippen molar-refractivity contribution in [3.8, 4) is 0 Å². The normalized spacial score (nSPS) is 14.4. The second-order valence-electron chi connectivity index (χ2n) is 6.30. The molecule has 1 aliphatic heterocycles. The highest BCUT2D eigenvalue weighted by atomic mass is 32.1. The molecule has 26 heavy (non-hydrogen) atoms. The first-order valence-corrected chi connectivity index (χ1v) is 9.54. The van der Waals surface area contributed by atoms with Gasteiger partial charge in [0.1, 0.15) is 0 Å². The number of hydrogen-bond donors (Lipinski definition) is 0. The Morgan fingerprint density at radius 3 is 2.69 bits per heavy atom. The molecule has 3 rings (SSSR count). The summed E-state index contributed by atoms with van der Waals surface area (Å²) in [6, 6.07) is 10.9. The van der Waals surface area contributed by atoms with Crippen molar-refractivity contribution in [1.82, 2.24) is 4.90 Å². The Morgan fingerprint density at radius 2 is 1.92 bits per heavy atom. The number of ketones is 1. The number of benzene rings is 1. The number of rotatable bonds is 6. The van der Waals surface area contributed by atoms with Crippen LogP contribution in [0.3, 0.4) is 0 Å². The van der Waals surface area contributed by atoms with E-state index in [4.69, 9.17) is 4.74 Å². The minimum Gasteiger partial charge on any atom is -0.453 e. The number of thiophene rings is 1. The summed E-state index contributed by atoms with van der Waals surface area (Å²) in [5, 5.41) is 2.03. The number of Topliss-reactive ketones (excluding diaryl/α,β-unsaturated/α-hetero) is 1. The molecule has 2 aromatic rings. The van der Waals surface area contributed by atoms with Gasteiger partial charge in [-0.15, -0.1) is 11.3 Å². The van der Waals surface area contributed by atoms with Gasteiger partial charge in [-0.1, -0.05) is 30.3 Å². The molecule has 0 spiro atoms. The van der Waals surface area contributed by atoms with Gasteiger partial charge in [0.25, 0.3) is 5.91 Å². The first-order valence-electron chi connectivity index (χ1n) is 8.66.